The summed E-state index contributed by atoms with van der Waals surface area (Å²) in [6, 6.07) is 13.0. The standard InChI is InChI=1S/C25H28N2O5/c1-16(2)14-32-25(29)27-11-9-19-13-20(6-7-21(19)23(27)24(28)30-3)31-15-17-4-5-18-8-10-26-22(18)12-17/h4-8,10,12-13,16,23,26H,9,11,14-15H2,1-3H3. The molecule has 1 N–H and O–H groups in total. The van der Waals surface area contributed by atoms with Gasteiger partial charge in [-0.15, -0.1) is 0 Å². The number of methoxy groups -OCH3 is 1. The van der Waals surface area contributed by atoms with Crippen LogP contribution in [0.2, 0.25) is 0 Å². The fraction of sp³-hybridized carbons (Fsp3) is 0.360. The van der Waals surface area contributed by atoms with E-state index in [1.54, 1.807) is 0 Å². The normalized spacial score (nSPS) is 15.5. The lowest BCUT2D eigenvalue weighted by atomic mass is 9.92. The van der Waals surface area contributed by atoms with E-state index in [0.29, 0.717) is 26.2 Å². The van der Waals surface area contributed by atoms with Crippen molar-refractivity contribution >= 4 is 23.0 Å². The summed E-state index contributed by atoms with van der Waals surface area (Å²) in [6.45, 7) is 5.04. The van der Waals surface area contributed by atoms with Gasteiger partial charge in [0.15, 0.2) is 6.04 Å². The van der Waals surface area contributed by atoms with Crippen molar-refractivity contribution in [3.63, 3.8) is 0 Å². The van der Waals surface area contributed by atoms with Crippen molar-refractivity contribution in [3.8, 4) is 5.75 Å². The van der Waals surface area contributed by atoms with Crippen molar-refractivity contribution in [1.29, 1.82) is 0 Å². The number of benzene rings is 2. The molecule has 1 aliphatic heterocycles. The first-order chi connectivity index (χ1) is 15.5. The molecule has 1 amide bonds. The summed E-state index contributed by atoms with van der Waals surface area (Å²) in [5.74, 6) is 0.445. The summed E-state index contributed by atoms with van der Waals surface area (Å²) in [5.41, 5.74) is 3.83. The van der Waals surface area contributed by atoms with Gasteiger partial charge in [0.1, 0.15) is 12.4 Å². The number of amides is 1. The van der Waals surface area contributed by atoms with E-state index in [2.05, 4.69) is 17.1 Å². The number of aromatic amines is 1. The molecule has 0 spiro atoms. The van der Waals surface area contributed by atoms with E-state index in [-0.39, 0.29) is 5.92 Å². The predicted octanol–water partition coefficient (Wildman–Crippen LogP) is 4.61. The third kappa shape index (κ3) is 4.56. The Balaban J connectivity index is 1.50. The highest BCUT2D eigenvalue weighted by Crippen LogP contribution is 2.34. The number of hydrogen-bond donors (Lipinski definition) is 1. The average Bonchev–Trinajstić information content (AvgIpc) is 3.27. The maximum absolute atomic E-state index is 12.6. The minimum atomic E-state index is -0.826. The van der Waals surface area contributed by atoms with Crippen LogP contribution in [0.4, 0.5) is 4.79 Å². The smallest absolute Gasteiger partial charge is 0.410 e. The van der Waals surface area contributed by atoms with E-state index in [1.165, 1.54) is 12.0 Å². The SMILES string of the molecule is COC(=O)C1c2ccc(OCc3ccc4cc[nH]c4c3)cc2CCN1C(=O)OCC(C)C. The number of carbonyl (C=O) groups is 2. The highest BCUT2D eigenvalue weighted by atomic mass is 16.6. The Bertz CT molecular complexity index is 1120. The molecular formula is C25H28N2O5. The van der Waals surface area contributed by atoms with Crippen molar-refractivity contribution in [2.75, 3.05) is 20.3 Å². The van der Waals surface area contributed by atoms with E-state index in [4.69, 9.17) is 14.2 Å². The second-order valence-electron chi connectivity index (χ2n) is 8.39. The summed E-state index contributed by atoms with van der Waals surface area (Å²) < 4.78 is 16.4. The number of esters is 1. The number of rotatable bonds is 6. The maximum Gasteiger partial charge on any atom is 0.410 e. The fourth-order valence-corrected chi connectivity index (χ4v) is 3.93. The minimum Gasteiger partial charge on any atom is -0.489 e. The van der Waals surface area contributed by atoms with Crippen LogP contribution in [0.5, 0.6) is 5.75 Å². The van der Waals surface area contributed by atoms with Crippen LogP contribution < -0.4 is 4.74 Å². The monoisotopic (exact) mass is 436 g/mol. The van der Waals surface area contributed by atoms with Crippen molar-refractivity contribution in [2.45, 2.75) is 32.9 Å². The van der Waals surface area contributed by atoms with Crippen LogP contribution in [0.1, 0.15) is 36.6 Å². The van der Waals surface area contributed by atoms with Gasteiger partial charge in [0, 0.05) is 18.3 Å². The number of carbonyl (C=O) groups excluding carboxylic acids is 2. The van der Waals surface area contributed by atoms with Gasteiger partial charge in [-0.2, -0.15) is 0 Å². The lowest BCUT2D eigenvalue weighted by molar-refractivity contribution is -0.147. The van der Waals surface area contributed by atoms with Gasteiger partial charge >= 0.3 is 12.1 Å². The molecule has 0 fully saturated rings. The van der Waals surface area contributed by atoms with Crippen LogP contribution in [0.15, 0.2) is 48.7 Å². The number of ether oxygens (including phenoxy) is 3. The molecule has 2 heterocycles. The van der Waals surface area contributed by atoms with Gasteiger partial charge in [-0.25, -0.2) is 9.59 Å². The summed E-state index contributed by atoms with van der Waals surface area (Å²) in [4.78, 5) is 29.8. The lowest BCUT2D eigenvalue weighted by Gasteiger charge is -2.35. The van der Waals surface area contributed by atoms with Crippen LogP contribution in [-0.2, 0) is 27.3 Å². The van der Waals surface area contributed by atoms with Crippen LogP contribution in [0, 0.1) is 5.92 Å². The molecule has 0 bridgehead atoms. The molecule has 7 nitrogen and oxygen atoms in total. The molecule has 0 aliphatic carbocycles. The van der Waals surface area contributed by atoms with Crippen molar-refractivity contribution in [3.05, 3.63) is 65.4 Å². The molecule has 0 saturated heterocycles. The van der Waals surface area contributed by atoms with Gasteiger partial charge in [-0.05, 0) is 58.7 Å². The number of fused-ring (bicyclic) bond motifs is 2. The van der Waals surface area contributed by atoms with Crippen LogP contribution >= 0.6 is 0 Å². The molecule has 168 valence electrons. The van der Waals surface area contributed by atoms with Crippen molar-refractivity contribution < 1.29 is 23.8 Å². The zero-order valence-corrected chi connectivity index (χ0v) is 18.6. The van der Waals surface area contributed by atoms with E-state index in [1.807, 2.05) is 50.4 Å². The second-order valence-corrected chi connectivity index (χ2v) is 8.39. The van der Waals surface area contributed by atoms with E-state index >= 15 is 0 Å². The maximum atomic E-state index is 12.6. The molecule has 32 heavy (non-hydrogen) atoms. The minimum absolute atomic E-state index is 0.213. The molecule has 1 atom stereocenters. The summed E-state index contributed by atoms with van der Waals surface area (Å²) >= 11 is 0. The summed E-state index contributed by atoms with van der Waals surface area (Å²) in [6.07, 6.45) is 2.02. The topological polar surface area (TPSA) is 80.9 Å². The fourth-order valence-electron chi connectivity index (χ4n) is 3.93. The first-order valence-corrected chi connectivity index (χ1v) is 10.8. The van der Waals surface area contributed by atoms with E-state index in [0.717, 1.165) is 33.3 Å². The highest BCUT2D eigenvalue weighted by Gasteiger charge is 2.37. The third-order valence-electron chi connectivity index (χ3n) is 5.57. The third-order valence-corrected chi connectivity index (χ3v) is 5.57. The van der Waals surface area contributed by atoms with Crippen molar-refractivity contribution in [1.82, 2.24) is 9.88 Å². The molecule has 1 aliphatic rings. The first-order valence-electron chi connectivity index (χ1n) is 10.8. The molecule has 1 unspecified atom stereocenters. The highest BCUT2D eigenvalue weighted by molar-refractivity contribution is 5.84. The lowest BCUT2D eigenvalue weighted by Crippen LogP contribution is -2.44. The summed E-state index contributed by atoms with van der Waals surface area (Å²) in [5, 5.41) is 1.16. The van der Waals surface area contributed by atoms with Gasteiger partial charge < -0.3 is 19.2 Å². The molecule has 4 rings (SSSR count). The molecule has 7 heteroatoms. The molecule has 0 radical (unpaired) electrons. The van der Waals surface area contributed by atoms with Crippen LogP contribution in [0.25, 0.3) is 10.9 Å². The zero-order chi connectivity index (χ0) is 22.7. The summed E-state index contributed by atoms with van der Waals surface area (Å²) in [7, 11) is 1.33. The van der Waals surface area contributed by atoms with E-state index in [9.17, 15) is 9.59 Å². The Morgan fingerprint density at radius 3 is 2.78 bits per heavy atom. The Morgan fingerprint density at radius 2 is 2.00 bits per heavy atom. The molecule has 2 aromatic carbocycles. The van der Waals surface area contributed by atoms with Crippen LogP contribution in [0.3, 0.4) is 0 Å². The van der Waals surface area contributed by atoms with Gasteiger partial charge in [0.2, 0.25) is 0 Å². The Labute approximate surface area is 187 Å². The zero-order valence-electron chi connectivity index (χ0n) is 18.6. The van der Waals surface area contributed by atoms with Crippen molar-refractivity contribution in [2.24, 2.45) is 5.92 Å². The number of nitrogens with zero attached hydrogens (tertiary/aromatic N) is 1. The largest absolute Gasteiger partial charge is 0.489 e. The quantitative estimate of drug-likeness (QED) is 0.571. The van der Waals surface area contributed by atoms with Gasteiger partial charge in [0.25, 0.3) is 0 Å². The molecule has 0 saturated carbocycles. The van der Waals surface area contributed by atoms with Gasteiger partial charge in [-0.1, -0.05) is 32.0 Å². The number of nitrogens with one attached hydrogen (secondary N) is 1. The Hall–Kier alpha value is -3.48. The number of H-pyrrole nitrogens is 1. The number of aromatic nitrogens is 1. The second kappa shape index (κ2) is 9.34. The van der Waals surface area contributed by atoms with E-state index < -0.39 is 18.1 Å². The number of hydrogen-bond acceptors (Lipinski definition) is 5. The first kappa shape index (κ1) is 21.7. The predicted molar refractivity (Wildman–Crippen MR) is 120 cm³/mol. The molecule has 1 aromatic heterocycles. The van der Waals surface area contributed by atoms with Gasteiger partial charge in [0.05, 0.1) is 13.7 Å². The molecular weight excluding hydrogens is 408 g/mol. The van der Waals surface area contributed by atoms with Gasteiger partial charge in [-0.3, -0.25) is 4.90 Å². The Kier molecular flexibility index (Phi) is 6.35. The Morgan fingerprint density at radius 1 is 1.16 bits per heavy atom. The average molecular weight is 437 g/mol. The molecule has 3 aromatic rings. The van der Waals surface area contributed by atoms with Crippen LogP contribution in [-0.4, -0.2) is 42.2 Å².